The van der Waals surface area contributed by atoms with Crippen molar-refractivity contribution >= 4 is 11.6 Å². The third kappa shape index (κ3) is 3.46. The second-order valence-corrected chi connectivity index (χ2v) is 6.44. The SMILES string of the molecule is CCC1(C)CN(Cc2cc(Cl)ccc2OC)C(C)CN1. The predicted octanol–water partition coefficient (Wildman–Crippen LogP) is 3.31. The average molecular weight is 297 g/mol. The van der Waals surface area contributed by atoms with Gasteiger partial charge in [-0.2, -0.15) is 0 Å². The van der Waals surface area contributed by atoms with Crippen LogP contribution in [-0.2, 0) is 6.54 Å². The summed E-state index contributed by atoms with van der Waals surface area (Å²) in [7, 11) is 1.71. The van der Waals surface area contributed by atoms with E-state index in [-0.39, 0.29) is 5.54 Å². The molecule has 0 radical (unpaired) electrons. The van der Waals surface area contributed by atoms with E-state index >= 15 is 0 Å². The van der Waals surface area contributed by atoms with Crippen molar-refractivity contribution in [1.29, 1.82) is 0 Å². The average Bonchev–Trinajstić information content (AvgIpc) is 2.43. The van der Waals surface area contributed by atoms with Gasteiger partial charge in [-0.05, 0) is 38.5 Å². The highest BCUT2D eigenvalue weighted by atomic mass is 35.5. The minimum Gasteiger partial charge on any atom is -0.496 e. The summed E-state index contributed by atoms with van der Waals surface area (Å²) in [5.41, 5.74) is 1.35. The van der Waals surface area contributed by atoms with Crippen LogP contribution in [-0.4, -0.2) is 36.7 Å². The highest BCUT2D eigenvalue weighted by molar-refractivity contribution is 6.30. The first-order valence-corrected chi connectivity index (χ1v) is 7.66. The van der Waals surface area contributed by atoms with E-state index in [1.165, 1.54) is 0 Å². The van der Waals surface area contributed by atoms with E-state index in [1.807, 2.05) is 18.2 Å². The third-order valence-corrected chi connectivity index (χ3v) is 4.63. The van der Waals surface area contributed by atoms with Crippen LogP contribution >= 0.6 is 11.6 Å². The summed E-state index contributed by atoms with van der Waals surface area (Å²) in [6, 6.07) is 6.35. The number of nitrogens with zero attached hydrogens (tertiary/aromatic N) is 1. The molecule has 4 heteroatoms. The molecule has 3 nitrogen and oxygen atoms in total. The molecule has 2 rings (SSSR count). The van der Waals surface area contributed by atoms with E-state index in [1.54, 1.807) is 7.11 Å². The highest BCUT2D eigenvalue weighted by Crippen LogP contribution is 2.27. The van der Waals surface area contributed by atoms with Gasteiger partial charge in [0.25, 0.3) is 0 Å². The van der Waals surface area contributed by atoms with Gasteiger partial charge in [-0.25, -0.2) is 0 Å². The van der Waals surface area contributed by atoms with Crippen LogP contribution in [0.1, 0.15) is 32.8 Å². The summed E-state index contributed by atoms with van der Waals surface area (Å²) in [5, 5.41) is 4.42. The molecule has 20 heavy (non-hydrogen) atoms. The quantitative estimate of drug-likeness (QED) is 0.922. The first kappa shape index (κ1) is 15.6. The fourth-order valence-electron chi connectivity index (χ4n) is 2.72. The Morgan fingerprint density at radius 1 is 1.50 bits per heavy atom. The molecule has 1 fully saturated rings. The van der Waals surface area contributed by atoms with E-state index in [4.69, 9.17) is 16.3 Å². The topological polar surface area (TPSA) is 24.5 Å². The lowest BCUT2D eigenvalue weighted by Gasteiger charge is -2.45. The van der Waals surface area contributed by atoms with E-state index in [0.717, 1.165) is 42.4 Å². The van der Waals surface area contributed by atoms with Crippen molar-refractivity contribution in [2.75, 3.05) is 20.2 Å². The van der Waals surface area contributed by atoms with E-state index < -0.39 is 0 Å². The molecule has 1 aliphatic rings. The maximum atomic E-state index is 6.12. The molecule has 0 aromatic heterocycles. The molecule has 0 aliphatic carbocycles. The van der Waals surface area contributed by atoms with Crippen molar-refractivity contribution in [2.45, 2.75) is 45.3 Å². The Kier molecular flexibility index (Phi) is 4.95. The summed E-state index contributed by atoms with van der Waals surface area (Å²) in [6.07, 6.45) is 1.13. The minimum atomic E-state index is 0.193. The summed E-state index contributed by atoms with van der Waals surface area (Å²) >= 11 is 6.12. The number of methoxy groups -OCH3 is 1. The van der Waals surface area contributed by atoms with Crippen LogP contribution in [0.25, 0.3) is 0 Å². The fourth-order valence-corrected chi connectivity index (χ4v) is 2.92. The lowest BCUT2D eigenvalue weighted by atomic mass is 9.93. The predicted molar refractivity (Wildman–Crippen MR) is 84.6 cm³/mol. The second-order valence-electron chi connectivity index (χ2n) is 6.01. The van der Waals surface area contributed by atoms with Crippen molar-refractivity contribution in [2.24, 2.45) is 0 Å². The first-order valence-electron chi connectivity index (χ1n) is 7.29. The largest absolute Gasteiger partial charge is 0.496 e. The number of ether oxygens (including phenoxy) is 1. The Hall–Kier alpha value is -0.770. The van der Waals surface area contributed by atoms with Gasteiger partial charge < -0.3 is 10.1 Å². The van der Waals surface area contributed by atoms with Crippen LogP contribution in [0.5, 0.6) is 5.75 Å². The van der Waals surface area contributed by atoms with Crippen LogP contribution in [0.3, 0.4) is 0 Å². The zero-order chi connectivity index (χ0) is 14.8. The van der Waals surface area contributed by atoms with Crippen molar-refractivity contribution in [1.82, 2.24) is 10.2 Å². The number of rotatable bonds is 4. The smallest absolute Gasteiger partial charge is 0.123 e. The molecule has 2 atom stereocenters. The number of halogens is 1. The monoisotopic (exact) mass is 296 g/mol. The number of hydrogen-bond donors (Lipinski definition) is 1. The molecule has 0 spiro atoms. The molecule has 1 aliphatic heterocycles. The van der Waals surface area contributed by atoms with E-state index in [2.05, 4.69) is 31.0 Å². The molecule has 0 amide bonds. The Labute approximate surface area is 127 Å². The van der Waals surface area contributed by atoms with Crippen molar-refractivity contribution < 1.29 is 4.74 Å². The molecule has 0 bridgehead atoms. The molecular formula is C16H25ClN2O. The molecule has 1 saturated heterocycles. The standard InChI is InChI=1S/C16H25ClN2O/c1-5-16(3)11-19(12(2)9-18-16)10-13-8-14(17)6-7-15(13)20-4/h6-8,12,18H,5,9-11H2,1-4H3. The number of nitrogens with one attached hydrogen (secondary N) is 1. The third-order valence-electron chi connectivity index (χ3n) is 4.40. The maximum Gasteiger partial charge on any atom is 0.123 e. The van der Waals surface area contributed by atoms with Crippen LogP contribution in [0, 0.1) is 0 Å². The number of benzene rings is 1. The summed E-state index contributed by atoms with van der Waals surface area (Å²) < 4.78 is 5.45. The van der Waals surface area contributed by atoms with Crippen molar-refractivity contribution in [3.63, 3.8) is 0 Å². The van der Waals surface area contributed by atoms with Gasteiger partial charge in [0.05, 0.1) is 7.11 Å². The highest BCUT2D eigenvalue weighted by Gasteiger charge is 2.32. The maximum absolute atomic E-state index is 6.12. The fraction of sp³-hybridized carbons (Fsp3) is 0.625. The molecule has 0 saturated carbocycles. The summed E-state index contributed by atoms with van der Waals surface area (Å²) in [6.45, 7) is 9.73. The lowest BCUT2D eigenvalue weighted by molar-refractivity contribution is 0.0858. The van der Waals surface area contributed by atoms with E-state index in [9.17, 15) is 0 Å². The molecular weight excluding hydrogens is 272 g/mol. The van der Waals surface area contributed by atoms with Gasteiger partial charge >= 0.3 is 0 Å². The summed E-state index contributed by atoms with van der Waals surface area (Å²) in [5.74, 6) is 0.915. The Morgan fingerprint density at radius 2 is 2.25 bits per heavy atom. The Balaban J connectivity index is 2.17. The lowest BCUT2D eigenvalue weighted by Crippen LogP contribution is -2.61. The zero-order valence-electron chi connectivity index (χ0n) is 12.9. The van der Waals surface area contributed by atoms with Gasteiger partial charge in [-0.3, -0.25) is 4.90 Å². The normalized spacial score (nSPS) is 27.6. The van der Waals surface area contributed by atoms with Crippen LogP contribution in [0.15, 0.2) is 18.2 Å². The minimum absolute atomic E-state index is 0.193. The molecule has 112 valence electrons. The van der Waals surface area contributed by atoms with Crippen LogP contribution in [0.4, 0.5) is 0 Å². The molecule has 1 heterocycles. The molecule has 2 unspecified atom stereocenters. The van der Waals surface area contributed by atoms with Gasteiger partial charge in [-0.15, -0.1) is 0 Å². The molecule has 1 aromatic rings. The second kappa shape index (κ2) is 6.33. The zero-order valence-corrected chi connectivity index (χ0v) is 13.6. The Bertz CT molecular complexity index is 466. The first-order chi connectivity index (χ1) is 9.47. The van der Waals surface area contributed by atoms with Crippen molar-refractivity contribution in [3.05, 3.63) is 28.8 Å². The Morgan fingerprint density at radius 3 is 2.90 bits per heavy atom. The molecule has 1 N–H and O–H groups in total. The van der Waals surface area contributed by atoms with Crippen LogP contribution < -0.4 is 10.1 Å². The number of piperazine rings is 1. The number of hydrogen-bond acceptors (Lipinski definition) is 3. The van der Waals surface area contributed by atoms with Crippen molar-refractivity contribution in [3.8, 4) is 5.75 Å². The van der Waals surface area contributed by atoms with Crippen LogP contribution in [0.2, 0.25) is 5.02 Å². The van der Waals surface area contributed by atoms with Gasteiger partial charge in [0, 0.05) is 41.8 Å². The van der Waals surface area contributed by atoms with Gasteiger partial charge in [-0.1, -0.05) is 18.5 Å². The summed E-state index contributed by atoms with van der Waals surface area (Å²) in [4.78, 5) is 2.51. The van der Waals surface area contributed by atoms with Gasteiger partial charge in [0.2, 0.25) is 0 Å². The van der Waals surface area contributed by atoms with E-state index in [0.29, 0.717) is 6.04 Å². The van der Waals surface area contributed by atoms with Gasteiger partial charge in [0.1, 0.15) is 5.75 Å². The van der Waals surface area contributed by atoms with Gasteiger partial charge in [0.15, 0.2) is 0 Å². The molecule has 1 aromatic carbocycles.